The molecule has 2 heterocycles. The fourth-order valence-electron chi connectivity index (χ4n) is 0.925. The first-order chi connectivity index (χ1) is 5.88. The van der Waals surface area contributed by atoms with Crippen molar-refractivity contribution in [1.82, 2.24) is 10.2 Å². The van der Waals surface area contributed by atoms with Gasteiger partial charge in [0, 0.05) is 6.20 Å². The third-order valence-corrected chi connectivity index (χ3v) is 2.37. The predicted octanol–water partition coefficient (Wildman–Crippen LogP) is 1.70. The number of carbonyl (C=O) groups is 1. The number of thiophene rings is 1. The van der Waals surface area contributed by atoms with Gasteiger partial charge in [-0.1, -0.05) is 6.07 Å². The Labute approximate surface area is 73.1 Å². The van der Waals surface area contributed by atoms with Gasteiger partial charge in [0.2, 0.25) is 5.78 Å². The maximum Gasteiger partial charge on any atom is 0.206 e. The van der Waals surface area contributed by atoms with Crippen LogP contribution in [-0.2, 0) is 0 Å². The van der Waals surface area contributed by atoms with E-state index in [-0.39, 0.29) is 5.78 Å². The molecule has 0 radical (unpaired) electrons. The fourth-order valence-corrected chi connectivity index (χ4v) is 1.61. The van der Waals surface area contributed by atoms with Crippen LogP contribution >= 0.6 is 11.3 Å². The maximum atomic E-state index is 11.5. The maximum absolute atomic E-state index is 11.5. The van der Waals surface area contributed by atoms with Crippen LogP contribution in [0.4, 0.5) is 0 Å². The zero-order valence-corrected chi connectivity index (χ0v) is 6.97. The molecule has 0 fully saturated rings. The first-order valence-electron chi connectivity index (χ1n) is 3.45. The second-order valence-corrected chi connectivity index (χ2v) is 3.24. The van der Waals surface area contributed by atoms with Gasteiger partial charge in [-0.3, -0.25) is 9.89 Å². The van der Waals surface area contributed by atoms with E-state index in [1.165, 1.54) is 17.5 Å². The van der Waals surface area contributed by atoms with Crippen LogP contribution < -0.4 is 0 Å². The highest BCUT2D eigenvalue weighted by Crippen LogP contribution is 2.13. The Hall–Kier alpha value is -1.42. The van der Waals surface area contributed by atoms with Crippen molar-refractivity contribution in [2.45, 2.75) is 0 Å². The molecule has 0 aliphatic rings. The first-order valence-corrected chi connectivity index (χ1v) is 4.33. The summed E-state index contributed by atoms with van der Waals surface area (Å²) < 4.78 is 0. The van der Waals surface area contributed by atoms with E-state index in [1.54, 1.807) is 12.3 Å². The van der Waals surface area contributed by atoms with E-state index < -0.39 is 0 Å². The van der Waals surface area contributed by atoms with Crippen LogP contribution in [0.3, 0.4) is 0 Å². The number of ketones is 1. The Kier molecular flexibility index (Phi) is 1.75. The summed E-state index contributed by atoms with van der Waals surface area (Å²) in [5.41, 5.74) is 0.609. The van der Waals surface area contributed by atoms with Crippen LogP contribution in [0.15, 0.2) is 29.9 Å². The average molecular weight is 178 g/mol. The third kappa shape index (κ3) is 1.16. The lowest BCUT2D eigenvalue weighted by Crippen LogP contribution is -1.95. The monoisotopic (exact) mass is 178 g/mol. The lowest BCUT2D eigenvalue weighted by atomic mass is 10.2. The van der Waals surface area contributed by atoms with Gasteiger partial charge in [0.25, 0.3) is 0 Å². The van der Waals surface area contributed by atoms with Crippen molar-refractivity contribution >= 4 is 17.1 Å². The van der Waals surface area contributed by atoms with Crippen molar-refractivity contribution in [3.63, 3.8) is 0 Å². The van der Waals surface area contributed by atoms with Crippen LogP contribution in [0.25, 0.3) is 0 Å². The highest BCUT2D eigenvalue weighted by atomic mass is 32.1. The molecule has 0 amide bonds. The van der Waals surface area contributed by atoms with Crippen molar-refractivity contribution in [2.75, 3.05) is 0 Å². The number of nitrogens with zero attached hydrogens (tertiary/aromatic N) is 1. The number of nitrogens with one attached hydrogen (secondary N) is 1. The fraction of sp³-hybridized carbons (Fsp3) is 0. The molecule has 0 saturated carbocycles. The lowest BCUT2D eigenvalue weighted by Gasteiger charge is -1.89. The Morgan fingerprint density at radius 1 is 1.58 bits per heavy atom. The van der Waals surface area contributed by atoms with E-state index in [0.29, 0.717) is 5.56 Å². The van der Waals surface area contributed by atoms with Crippen molar-refractivity contribution in [3.05, 3.63) is 40.3 Å². The summed E-state index contributed by atoms with van der Waals surface area (Å²) in [7, 11) is 0. The smallest absolute Gasteiger partial charge is 0.206 e. The Morgan fingerprint density at radius 3 is 3.08 bits per heavy atom. The largest absolute Gasteiger partial charge is 0.288 e. The molecule has 2 aromatic heterocycles. The van der Waals surface area contributed by atoms with Gasteiger partial charge in [-0.05, 0) is 11.4 Å². The zero-order valence-electron chi connectivity index (χ0n) is 6.15. The Bertz CT molecular complexity index is 327. The van der Waals surface area contributed by atoms with Gasteiger partial charge in [0.05, 0.1) is 16.6 Å². The highest BCUT2D eigenvalue weighted by molar-refractivity contribution is 7.12. The summed E-state index contributed by atoms with van der Waals surface area (Å²) in [6.45, 7) is 0. The zero-order chi connectivity index (χ0) is 8.39. The van der Waals surface area contributed by atoms with Gasteiger partial charge >= 0.3 is 0 Å². The average Bonchev–Trinajstić information content (AvgIpc) is 2.77. The van der Waals surface area contributed by atoms with Crippen molar-refractivity contribution in [1.29, 1.82) is 0 Å². The molecule has 1 N–H and O–H groups in total. The van der Waals surface area contributed by atoms with Crippen LogP contribution in [-0.4, -0.2) is 16.0 Å². The minimum atomic E-state index is 0.0266. The summed E-state index contributed by atoms with van der Waals surface area (Å²) in [5.74, 6) is 0.0266. The number of aromatic nitrogens is 2. The van der Waals surface area contributed by atoms with Crippen LogP contribution in [0.2, 0.25) is 0 Å². The van der Waals surface area contributed by atoms with Crippen LogP contribution in [0, 0.1) is 0 Å². The van der Waals surface area contributed by atoms with E-state index >= 15 is 0 Å². The SMILES string of the molecule is O=C(c1cn[nH]c1)c1cccs1. The van der Waals surface area contributed by atoms with Crippen molar-refractivity contribution < 1.29 is 4.79 Å². The summed E-state index contributed by atoms with van der Waals surface area (Å²) in [4.78, 5) is 12.3. The topological polar surface area (TPSA) is 45.8 Å². The quantitative estimate of drug-likeness (QED) is 0.711. The lowest BCUT2D eigenvalue weighted by molar-refractivity contribution is 0.104. The molecule has 0 spiro atoms. The number of carbonyl (C=O) groups excluding carboxylic acids is 1. The molecule has 0 aliphatic heterocycles. The van der Waals surface area contributed by atoms with Gasteiger partial charge < -0.3 is 0 Å². The number of H-pyrrole nitrogens is 1. The second-order valence-electron chi connectivity index (χ2n) is 2.29. The van der Waals surface area contributed by atoms with E-state index in [1.807, 2.05) is 11.4 Å². The molecular formula is C8H6N2OS. The van der Waals surface area contributed by atoms with Gasteiger partial charge in [-0.2, -0.15) is 5.10 Å². The molecule has 60 valence electrons. The van der Waals surface area contributed by atoms with Crippen LogP contribution in [0.1, 0.15) is 15.2 Å². The molecule has 2 rings (SSSR count). The molecule has 0 aliphatic carbocycles. The first kappa shape index (κ1) is 7.24. The molecule has 0 aromatic carbocycles. The highest BCUT2D eigenvalue weighted by Gasteiger charge is 2.09. The third-order valence-electron chi connectivity index (χ3n) is 1.51. The molecule has 0 bridgehead atoms. The molecule has 2 aromatic rings. The normalized spacial score (nSPS) is 10.0. The molecule has 12 heavy (non-hydrogen) atoms. The predicted molar refractivity (Wildman–Crippen MR) is 46.3 cm³/mol. The molecule has 4 heteroatoms. The van der Waals surface area contributed by atoms with E-state index in [4.69, 9.17) is 0 Å². The van der Waals surface area contributed by atoms with E-state index in [2.05, 4.69) is 10.2 Å². The Balaban J connectivity index is 2.34. The number of hydrogen-bond donors (Lipinski definition) is 1. The summed E-state index contributed by atoms with van der Waals surface area (Å²) in [6, 6.07) is 3.66. The Morgan fingerprint density at radius 2 is 2.50 bits per heavy atom. The minimum Gasteiger partial charge on any atom is -0.288 e. The standard InChI is InChI=1S/C8H6N2OS/c11-8(6-4-9-10-5-6)7-2-1-3-12-7/h1-5H,(H,9,10). The molecule has 0 saturated heterocycles. The van der Waals surface area contributed by atoms with E-state index in [9.17, 15) is 4.79 Å². The van der Waals surface area contributed by atoms with Gasteiger partial charge in [-0.25, -0.2) is 0 Å². The van der Waals surface area contributed by atoms with Gasteiger partial charge in [-0.15, -0.1) is 11.3 Å². The van der Waals surface area contributed by atoms with Crippen molar-refractivity contribution in [3.8, 4) is 0 Å². The van der Waals surface area contributed by atoms with Gasteiger partial charge in [0.1, 0.15) is 0 Å². The summed E-state index contributed by atoms with van der Waals surface area (Å²) >= 11 is 1.44. The molecule has 0 unspecified atom stereocenters. The minimum absolute atomic E-state index is 0.0266. The summed E-state index contributed by atoms with van der Waals surface area (Å²) in [6.07, 6.45) is 3.13. The van der Waals surface area contributed by atoms with Crippen molar-refractivity contribution in [2.24, 2.45) is 0 Å². The number of rotatable bonds is 2. The molecule has 0 atom stereocenters. The molecular weight excluding hydrogens is 172 g/mol. The van der Waals surface area contributed by atoms with E-state index in [0.717, 1.165) is 4.88 Å². The second kappa shape index (κ2) is 2.91. The van der Waals surface area contributed by atoms with Gasteiger partial charge in [0.15, 0.2) is 0 Å². The number of aromatic amines is 1. The summed E-state index contributed by atoms with van der Waals surface area (Å²) in [5, 5.41) is 8.20. The van der Waals surface area contributed by atoms with Crippen LogP contribution in [0.5, 0.6) is 0 Å². The molecule has 3 nitrogen and oxygen atoms in total. The number of hydrogen-bond acceptors (Lipinski definition) is 3.